The monoisotopic (exact) mass is 478 g/mol. The molecule has 4 rings (SSSR count). The van der Waals surface area contributed by atoms with E-state index in [0.717, 1.165) is 23.6 Å². The molecule has 6 nitrogen and oxygen atoms in total. The molecule has 0 spiro atoms. The molecule has 1 saturated heterocycles. The normalized spacial score (nSPS) is 16.7. The van der Waals surface area contributed by atoms with Crippen LogP contribution in [0.2, 0.25) is 0 Å². The van der Waals surface area contributed by atoms with E-state index in [4.69, 9.17) is 14.0 Å². The van der Waals surface area contributed by atoms with Gasteiger partial charge in [-0.3, -0.25) is 9.69 Å². The highest BCUT2D eigenvalue weighted by Gasteiger charge is 2.32. The lowest BCUT2D eigenvalue weighted by atomic mass is 10.1. The molecule has 0 saturated carbocycles. The number of aromatic nitrogens is 1. The third-order valence-corrected chi connectivity index (χ3v) is 6.24. The van der Waals surface area contributed by atoms with Gasteiger partial charge in [0.25, 0.3) is 0 Å². The smallest absolute Gasteiger partial charge is 0.416 e. The van der Waals surface area contributed by atoms with Gasteiger partial charge in [0, 0.05) is 29.8 Å². The summed E-state index contributed by atoms with van der Waals surface area (Å²) < 4.78 is 54.1. The molecule has 1 aliphatic heterocycles. The fourth-order valence-corrected chi connectivity index (χ4v) is 4.64. The van der Waals surface area contributed by atoms with Crippen LogP contribution in [0.1, 0.15) is 16.9 Å². The first kappa shape index (κ1) is 23.2. The molecule has 1 fully saturated rings. The SMILES string of the molecule is COC(=O)[C@@H]1CSCN1Cc1cccc(OCc2cc(-c3ccc(C(F)(F)F)cc3)no2)c1. The molecule has 2 aromatic carbocycles. The summed E-state index contributed by atoms with van der Waals surface area (Å²) in [6, 6.07) is 13.6. The molecule has 3 aromatic rings. The fourth-order valence-electron chi connectivity index (χ4n) is 3.46. The maximum Gasteiger partial charge on any atom is 0.416 e. The van der Waals surface area contributed by atoms with Gasteiger partial charge in [-0.1, -0.05) is 29.4 Å². The summed E-state index contributed by atoms with van der Waals surface area (Å²) >= 11 is 1.69. The molecule has 1 aliphatic rings. The fraction of sp³-hybridized carbons (Fsp3) is 0.304. The first-order chi connectivity index (χ1) is 15.8. The third-order valence-electron chi connectivity index (χ3n) is 5.18. The molecule has 10 heteroatoms. The molecule has 2 heterocycles. The maximum atomic E-state index is 12.7. The second kappa shape index (κ2) is 9.88. The van der Waals surface area contributed by atoms with Crippen molar-refractivity contribution in [2.24, 2.45) is 0 Å². The van der Waals surface area contributed by atoms with Gasteiger partial charge in [-0.2, -0.15) is 13.2 Å². The standard InChI is InChI=1S/C23H21F3N2O4S/c1-30-22(29)21-13-33-14-28(21)11-15-3-2-4-18(9-15)31-12-19-10-20(27-32-19)16-5-7-17(8-6-16)23(24,25)26/h2-10,21H,11-14H2,1H3/t21-/m0/s1. The number of ether oxygens (including phenoxy) is 2. The summed E-state index contributed by atoms with van der Waals surface area (Å²) in [5.41, 5.74) is 1.22. The van der Waals surface area contributed by atoms with Crippen LogP contribution in [-0.2, 0) is 28.9 Å². The lowest BCUT2D eigenvalue weighted by molar-refractivity contribution is -0.145. The number of hydrogen-bond donors (Lipinski definition) is 0. The summed E-state index contributed by atoms with van der Waals surface area (Å²) in [6.07, 6.45) is -4.39. The van der Waals surface area contributed by atoms with Crippen LogP contribution in [0.4, 0.5) is 13.2 Å². The van der Waals surface area contributed by atoms with Gasteiger partial charge in [-0.15, -0.1) is 11.8 Å². The molecule has 0 amide bonds. The molecule has 174 valence electrons. The lowest BCUT2D eigenvalue weighted by Gasteiger charge is -2.21. The summed E-state index contributed by atoms with van der Waals surface area (Å²) in [6.45, 7) is 0.700. The van der Waals surface area contributed by atoms with E-state index in [1.165, 1.54) is 19.2 Å². The first-order valence-electron chi connectivity index (χ1n) is 10.1. The zero-order valence-electron chi connectivity index (χ0n) is 17.7. The van der Waals surface area contributed by atoms with E-state index in [9.17, 15) is 18.0 Å². The summed E-state index contributed by atoms with van der Waals surface area (Å²) in [5.74, 6) is 2.28. The minimum absolute atomic E-state index is 0.113. The van der Waals surface area contributed by atoms with Gasteiger partial charge >= 0.3 is 12.1 Å². The number of benzene rings is 2. The van der Waals surface area contributed by atoms with E-state index >= 15 is 0 Å². The Morgan fingerprint density at radius 2 is 2.00 bits per heavy atom. The van der Waals surface area contributed by atoms with Crippen LogP contribution in [-0.4, -0.2) is 40.8 Å². The van der Waals surface area contributed by atoms with Crippen LogP contribution in [0.25, 0.3) is 11.3 Å². The minimum atomic E-state index is -4.39. The average Bonchev–Trinajstić information content (AvgIpc) is 3.47. The zero-order valence-corrected chi connectivity index (χ0v) is 18.5. The summed E-state index contributed by atoms with van der Waals surface area (Å²) in [4.78, 5) is 14.0. The summed E-state index contributed by atoms with van der Waals surface area (Å²) in [5, 5.41) is 3.92. The Balaban J connectivity index is 1.36. The second-order valence-corrected chi connectivity index (χ2v) is 8.48. The number of carbonyl (C=O) groups excluding carboxylic acids is 1. The number of halogens is 3. The number of methoxy groups -OCH3 is 1. The molecule has 33 heavy (non-hydrogen) atoms. The van der Waals surface area contributed by atoms with Crippen molar-refractivity contribution in [2.45, 2.75) is 25.4 Å². The van der Waals surface area contributed by atoms with Crippen molar-refractivity contribution in [2.75, 3.05) is 18.7 Å². The molecular weight excluding hydrogens is 457 g/mol. The number of carbonyl (C=O) groups is 1. The minimum Gasteiger partial charge on any atom is -0.486 e. The van der Waals surface area contributed by atoms with Crippen molar-refractivity contribution in [3.05, 3.63) is 71.5 Å². The van der Waals surface area contributed by atoms with Gasteiger partial charge in [0.2, 0.25) is 0 Å². The molecule has 0 bridgehead atoms. The van der Waals surface area contributed by atoms with Crippen molar-refractivity contribution in [3.63, 3.8) is 0 Å². The van der Waals surface area contributed by atoms with Crippen molar-refractivity contribution >= 4 is 17.7 Å². The Bertz CT molecular complexity index is 1100. The van der Waals surface area contributed by atoms with Crippen molar-refractivity contribution in [1.29, 1.82) is 0 Å². The predicted octanol–water partition coefficient (Wildman–Crippen LogP) is 4.99. The topological polar surface area (TPSA) is 64.8 Å². The average molecular weight is 478 g/mol. The molecule has 0 N–H and O–H groups in total. The van der Waals surface area contributed by atoms with Crippen molar-refractivity contribution in [3.8, 4) is 17.0 Å². The highest BCUT2D eigenvalue weighted by atomic mass is 32.2. The molecule has 0 unspecified atom stereocenters. The number of hydrogen-bond acceptors (Lipinski definition) is 7. The van der Waals surface area contributed by atoms with Crippen LogP contribution in [0.15, 0.2) is 59.1 Å². The van der Waals surface area contributed by atoms with Crippen molar-refractivity contribution < 1.29 is 32.0 Å². The molecular formula is C23H21F3N2O4S. The maximum absolute atomic E-state index is 12.7. The highest BCUT2D eigenvalue weighted by Crippen LogP contribution is 2.31. The van der Waals surface area contributed by atoms with Crippen molar-refractivity contribution in [1.82, 2.24) is 10.1 Å². The Labute approximate surface area is 192 Å². The van der Waals surface area contributed by atoms with Gasteiger partial charge < -0.3 is 14.0 Å². The number of nitrogens with zero attached hydrogens (tertiary/aromatic N) is 2. The van der Waals surface area contributed by atoms with Gasteiger partial charge in [-0.05, 0) is 29.8 Å². The van der Waals surface area contributed by atoms with E-state index in [2.05, 4.69) is 10.1 Å². The number of esters is 1. The van der Waals surface area contributed by atoms with Crippen LogP contribution < -0.4 is 4.74 Å². The number of rotatable bonds is 7. The van der Waals surface area contributed by atoms with Gasteiger partial charge in [0.05, 0.1) is 12.7 Å². The van der Waals surface area contributed by atoms with E-state index in [-0.39, 0.29) is 18.6 Å². The highest BCUT2D eigenvalue weighted by molar-refractivity contribution is 7.99. The van der Waals surface area contributed by atoms with E-state index in [1.54, 1.807) is 17.8 Å². The van der Waals surface area contributed by atoms with E-state index in [0.29, 0.717) is 35.1 Å². The van der Waals surface area contributed by atoms with Gasteiger partial charge in [0.15, 0.2) is 5.76 Å². The van der Waals surface area contributed by atoms with Gasteiger partial charge in [-0.25, -0.2) is 0 Å². The first-order valence-corrected chi connectivity index (χ1v) is 11.2. The van der Waals surface area contributed by atoms with E-state index < -0.39 is 11.7 Å². The summed E-state index contributed by atoms with van der Waals surface area (Å²) in [7, 11) is 1.39. The lowest BCUT2D eigenvalue weighted by Crippen LogP contribution is -2.38. The van der Waals surface area contributed by atoms with E-state index in [1.807, 2.05) is 24.3 Å². The number of thioether (sulfide) groups is 1. The Morgan fingerprint density at radius 3 is 2.73 bits per heavy atom. The van der Waals surface area contributed by atoms with Crippen LogP contribution in [0.3, 0.4) is 0 Å². The Kier molecular flexibility index (Phi) is 6.94. The zero-order chi connectivity index (χ0) is 23.4. The molecule has 0 radical (unpaired) electrons. The van der Waals surface area contributed by atoms with Crippen LogP contribution >= 0.6 is 11.8 Å². The molecule has 1 aromatic heterocycles. The predicted molar refractivity (Wildman–Crippen MR) is 116 cm³/mol. The van der Waals surface area contributed by atoms with Gasteiger partial charge in [0.1, 0.15) is 24.1 Å². The molecule has 1 atom stereocenters. The number of alkyl halides is 3. The Hall–Kier alpha value is -2.98. The van der Waals surface area contributed by atoms with Crippen LogP contribution in [0, 0.1) is 0 Å². The van der Waals surface area contributed by atoms with Crippen LogP contribution in [0.5, 0.6) is 5.75 Å². The third kappa shape index (κ3) is 5.69. The second-order valence-electron chi connectivity index (χ2n) is 7.48. The largest absolute Gasteiger partial charge is 0.486 e. The quantitative estimate of drug-likeness (QED) is 0.444. The Morgan fingerprint density at radius 1 is 1.21 bits per heavy atom. The molecule has 0 aliphatic carbocycles.